The summed E-state index contributed by atoms with van der Waals surface area (Å²) < 4.78 is 11.1. The van der Waals surface area contributed by atoms with E-state index in [0.717, 1.165) is 5.56 Å². The lowest BCUT2D eigenvalue weighted by Gasteiger charge is -2.39. The van der Waals surface area contributed by atoms with E-state index < -0.39 is 19.1 Å². The third-order valence-corrected chi connectivity index (χ3v) is 4.19. The molecular weight excluding hydrogens is 315 g/mol. The Balaban J connectivity index is 1.72. The Hall–Kier alpha value is -2.10. The number of hydrogen-bond donors (Lipinski definition) is 3. The van der Waals surface area contributed by atoms with E-state index >= 15 is 0 Å². The van der Waals surface area contributed by atoms with Crippen molar-refractivity contribution in [3.63, 3.8) is 0 Å². The highest BCUT2D eigenvalue weighted by atomic mass is 16.5. The van der Waals surface area contributed by atoms with Crippen LogP contribution in [0.15, 0.2) is 12.1 Å². The summed E-state index contributed by atoms with van der Waals surface area (Å²) in [5.41, 5.74) is 6.25. The number of rotatable bonds is 6. The molecule has 1 atom stereocenters. The van der Waals surface area contributed by atoms with Crippen molar-refractivity contribution in [2.75, 3.05) is 19.6 Å². The van der Waals surface area contributed by atoms with E-state index in [1.165, 1.54) is 0 Å². The van der Waals surface area contributed by atoms with Crippen LogP contribution in [-0.2, 0) is 11.2 Å². The molecule has 1 aromatic rings. The first-order chi connectivity index (χ1) is 11.5. The van der Waals surface area contributed by atoms with Crippen LogP contribution < -0.4 is 15.1 Å². The zero-order valence-electron chi connectivity index (χ0n) is 13.1. The smallest absolute Gasteiger partial charge is 0.522 e. The molecule has 9 heteroatoms. The molecule has 128 valence electrons. The maximum Gasteiger partial charge on any atom is 0.522 e. The van der Waals surface area contributed by atoms with Crippen molar-refractivity contribution in [1.29, 1.82) is 0 Å². The predicted molar refractivity (Wildman–Crippen MR) is 85.4 cm³/mol. The van der Waals surface area contributed by atoms with E-state index in [0.29, 0.717) is 38.7 Å². The van der Waals surface area contributed by atoms with Crippen molar-refractivity contribution in [2.24, 2.45) is 5.73 Å². The van der Waals surface area contributed by atoms with Gasteiger partial charge in [-0.3, -0.25) is 4.90 Å². The van der Waals surface area contributed by atoms with Gasteiger partial charge in [0.25, 0.3) is 0 Å². The van der Waals surface area contributed by atoms with Crippen LogP contribution in [0.1, 0.15) is 15.9 Å². The molecule has 1 saturated heterocycles. The number of carbonyl (C=O) groups is 2. The molecule has 24 heavy (non-hydrogen) atoms. The fourth-order valence-electron chi connectivity index (χ4n) is 2.98. The highest BCUT2D eigenvalue weighted by Gasteiger charge is 2.33. The molecule has 1 aromatic carbocycles. The number of nitrogens with zero attached hydrogens (tertiary/aromatic N) is 1. The second kappa shape index (κ2) is 6.80. The number of likely N-dealkylation sites (tertiary alicyclic amines) is 1. The van der Waals surface area contributed by atoms with Gasteiger partial charge in [-0.1, -0.05) is 6.07 Å². The molecule has 0 amide bonds. The lowest BCUT2D eigenvalue weighted by atomic mass is 9.78. The molecule has 2 aliphatic heterocycles. The van der Waals surface area contributed by atoms with Gasteiger partial charge in [-0.15, -0.1) is 0 Å². The highest BCUT2D eigenvalue weighted by molar-refractivity contribution is 6.44. The first-order valence-corrected chi connectivity index (χ1v) is 7.81. The van der Waals surface area contributed by atoms with Gasteiger partial charge in [0.15, 0.2) is 0 Å². The van der Waals surface area contributed by atoms with E-state index in [2.05, 4.69) is 0 Å². The SMILES string of the molecule is NC(C=O)CN1CC(Oc2ccc3c(c2C(=O)O)OB(O)CC3)C1. The number of carboxylic acids is 1. The van der Waals surface area contributed by atoms with Crippen LogP contribution in [0.25, 0.3) is 0 Å². The molecule has 0 spiro atoms. The number of benzene rings is 1. The van der Waals surface area contributed by atoms with Crippen LogP contribution in [0, 0.1) is 0 Å². The molecule has 4 N–H and O–H groups in total. The molecule has 1 unspecified atom stereocenters. The Morgan fingerprint density at radius 1 is 1.54 bits per heavy atom. The van der Waals surface area contributed by atoms with Crippen LogP contribution in [0.2, 0.25) is 6.32 Å². The van der Waals surface area contributed by atoms with E-state index in [1.807, 2.05) is 4.90 Å². The molecule has 8 nitrogen and oxygen atoms in total. The number of carbonyl (C=O) groups excluding carboxylic acids is 1. The summed E-state index contributed by atoms with van der Waals surface area (Å²) in [7, 11) is -1.00. The number of aromatic carboxylic acids is 1. The van der Waals surface area contributed by atoms with Gasteiger partial charge in [-0.25, -0.2) is 4.79 Å². The van der Waals surface area contributed by atoms with E-state index in [-0.39, 0.29) is 23.2 Å². The first kappa shape index (κ1) is 16.8. The van der Waals surface area contributed by atoms with Gasteiger partial charge in [0.1, 0.15) is 29.5 Å². The average Bonchev–Trinajstić information content (AvgIpc) is 2.51. The van der Waals surface area contributed by atoms with Crippen molar-refractivity contribution < 1.29 is 29.1 Å². The van der Waals surface area contributed by atoms with Crippen molar-refractivity contribution in [2.45, 2.75) is 24.9 Å². The fraction of sp³-hybridized carbons (Fsp3) is 0.467. The molecular formula is C15H19BN2O6. The fourth-order valence-corrected chi connectivity index (χ4v) is 2.98. The molecule has 2 aliphatic rings. The molecule has 2 heterocycles. The van der Waals surface area contributed by atoms with Gasteiger partial charge < -0.3 is 30.0 Å². The van der Waals surface area contributed by atoms with Gasteiger partial charge >= 0.3 is 13.1 Å². The van der Waals surface area contributed by atoms with Crippen molar-refractivity contribution in [1.82, 2.24) is 4.90 Å². The maximum absolute atomic E-state index is 11.6. The number of aldehydes is 1. The molecule has 0 aromatic heterocycles. The van der Waals surface area contributed by atoms with Crippen LogP contribution >= 0.6 is 0 Å². The average molecular weight is 334 g/mol. The van der Waals surface area contributed by atoms with Crippen molar-refractivity contribution >= 4 is 19.4 Å². The van der Waals surface area contributed by atoms with Gasteiger partial charge in [0.2, 0.25) is 0 Å². The Morgan fingerprint density at radius 3 is 2.96 bits per heavy atom. The first-order valence-electron chi connectivity index (χ1n) is 7.81. The normalized spacial score (nSPS) is 19.0. The van der Waals surface area contributed by atoms with E-state index in [1.54, 1.807) is 12.1 Å². The number of hydrogen-bond acceptors (Lipinski definition) is 7. The predicted octanol–water partition coefficient (Wildman–Crippen LogP) is -0.611. The standard InChI is InChI=1S/C15H19BN2O6/c17-10(8-19)5-18-6-11(7-18)23-12-2-1-9-3-4-16(22)24-14(9)13(12)15(20)21/h1-2,8,10-11,22H,3-7,17H2,(H,20,21). The molecule has 0 saturated carbocycles. The largest absolute Gasteiger partial charge is 0.535 e. The molecule has 1 fully saturated rings. The number of nitrogens with two attached hydrogens (primary N) is 1. The third kappa shape index (κ3) is 3.38. The number of aryl methyl sites for hydroxylation is 1. The molecule has 0 bridgehead atoms. The summed E-state index contributed by atoms with van der Waals surface area (Å²) in [6.45, 7) is 1.59. The highest BCUT2D eigenvalue weighted by Crippen LogP contribution is 2.37. The minimum Gasteiger partial charge on any atom is -0.535 e. The number of ether oxygens (including phenoxy) is 1. The molecule has 0 aliphatic carbocycles. The van der Waals surface area contributed by atoms with Crippen LogP contribution in [-0.4, -0.2) is 66.2 Å². The van der Waals surface area contributed by atoms with Gasteiger partial charge in [0.05, 0.1) is 6.04 Å². The zero-order chi connectivity index (χ0) is 17.3. The molecule has 0 radical (unpaired) electrons. The van der Waals surface area contributed by atoms with Crippen LogP contribution in [0.5, 0.6) is 11.5 Å². The number of fused-ring (bicyclic) bond motifs is 1. The van der Waals surface area contributed by atoms with Gasteiger partial charge in [-0.2, -0.15) is 0 Å². The second-order valence-corrected chi connectivity index (χ2v) is 6.10. The Labute approximate surface area is 139 Å². The van der Waals surface area contributed by atoms with Crippen LogP contribution in [0.3, 0.4) is 0 Å². The topological polar surface area (TPSA) is 122 Å². The van der Waals surface area contributed by atoms with Crippen LogP contribution in [0.4, 0.5) is 0 Å². The number of carboxylic acid groups (broad SMARTS) is 1. The third-order valence-electron chi connectivity index (χ3n) is 4.19. The summed E-state index contributed by atoms with van der Waals surface area (Å²) >= 11 is 0. The summed E-state index contributed by atoms with van der Waals surface area (Å²) in [6, 6.07) is 2.87. The lowest BCUT2D eigenvalue weighted by Crippen LogP contribution is -2.57. The van der Waals surface area contributed by atoms with Gasteiger partial charge in [0, 0.05) is 19.6 Å². The minimum atomic E-state index is -1.16. The summed E-state index contributed by atoms with van der Waals surface area (Å²) in [4.78, 5) is 24.1. The summed E-state index contributed by atoms with van der Waals surface area (Å²) in [5, 5.41) is 19.1. The van der Waals surface area contributed by atoms with Crippen molar-refractivity contribution in [3.05, 3.63) is 23.3 Å². The Kier molecular flexibility index (Phi) is 4.75. The van der Waals surface area contributed by atoms with E-state index in [9.17, 15) is 19.7 Å². The quantitative estimate of drug-likeness (QED) is 0.465. The Bertz CT molecular complexity index is 649. The molecule has 3 rings (SSSR count). The monoisotopic (exact) mass is 334 g/mol. The Morgan fingerprint density at radius 2 is 2.29 bits per heavy atom. The van der Waals surface area contributed by atoms with Gasteiger partial charge in [-0.05, 0) is 24.4 Å². The zero-order valence-corrected chi connectivity index (χ0v) is 13.1. The summed E-state index contributed by atoms with van der Waals surface area (Å²) in [5.74, 6) is -0.757. The van der Waals surface area contributed by atoms with E-state index in [4.69, 9.17) is 15.1 Å². The van der Waals surface area contributed by atoms with Crippen molar-refractivity contribution in [3.8, 4) is 11.5 Å². The summed E-state index contributed by atoms with van der Waals surface area (Å²) in [6.07, 6.45) is 1.51. The minimum absolute atomic E-state index is 0.0608. The maximum atomic E-state index is 11.6. The second-order valence-electron chi connectivity index (χ2n) is 6.10. The lowest BCUT2D eigenvalue weighted by molar-refractivity contribution is -0.110.